The van der Waals surface area contributed by atoms with Crippen molar-refractivity contribution < 1.29 is 19.8 Å². The van der Waals surface area contributed by atoms with Gasteiger partial charge in [-0.25, -0.2) is 0 Å². The second-order valence-corrected chi connectivity index (χ2v) is 3.91. The van der Waals surface area contributed by atoms with Crippen LogP contribution in [-0.2, 0) is 16.0 Å². The molecule has 2 rings (SSSR count). The molecule has 0 saturated carbocycles. The fourth-order valence-electron chi connectivity index (χ4n) is 1.82. The van der Waals surface area contributed by atoms with Gasteiger partial charge in [0.1, 0.15) is 0 Å². The lowest BCUT2D eigenvalue weighted by Gasteiger charge is -2.09. The zero-order valence-electron chi connectivity index (χ0n) is 9.41. The minimum absolute atomic E-state index is 0.119. The number of rotatable bonds is 4. The summed E-state index contributed by atoms with van der Waals surface area (Å²) in [5.41, 5.74) is 0.489. The molecule has 1 heterocycles. The maximum atomic E-state index is 10.9. The number of carboxylic acid groups (broad SMARTS) is 2. The van der Waals surface area contributed by atoms with E-state index in [4.69, 9.17) is 10.2 Å². The van der Waals surface area contributed by atoms with Gasteiger partial charge >= 0.3 is 11.9 Å². The lowest BCUT2D eigenvalue weighted by atomic mass is 9.99. The molecule has 18 heavy (non-hydrogen) atoms. The molecule has 5 nitrogen and oxygen atoms in total. The summed E-state index contributed by atoms with van der Waals surface area (Å²) in [6, 6.07) is 9.15. The van der Waals surface area contributed by atoms with Crippen molar-refractivity contribution in [2.24, 2.45) is 5.92 Å². The third kappa shape index (κ3) is 2.29. The predicted molar refractivity (Wildman–Crippen MR) is 64.2 cm³/mol. The van der Waals surface area contributed by atoms with Crippen LogP contribution in [0.25, 0.3) is 10.8 Å². The number of pyridine rings is 1. The van der Waals surface area contributed by atoms with Crippen LogP contribution < -0.4 is 0 Å². The number of aliphatic carboxylic acids is 2. The van der Waals surface area contributed by atoms with Gasteiger partial charge in [-0.1, -0.05) is 24.3 Å². The van der Waals surface area contributed by atoms with Crippen molar-refractivity contribution in [3.63, 3.8) is 0 Å². The second kappa shape index (κ2) is 4.83. The molecule has 0 aliphatic rings. The first-order chi connectivity index (χ1) is 8.59. The summed E-state index contributed by atoms with van der Waals surface area (Å²) in [7, 11) is 0. The van der Waals surface area contributed by atoms with Crippen LogP contribution in [0.5, 0.6) is 0 Å². The van der Waals surface area contributed by atoms with E-state index in [2.05, 4.69) is 4.98 Å². The number of carboxylic acids is 2. The van der Waals surface area contributed by atoms with E-state index in [1.54, 1.807) is 18.3 Å². The van der Waals surface area contributed by atoms with Crippen molar-refractivity contribution in [1.82, 2.24) is 4.98 Å². The lowest BCUT2D eigenvalue weighted by molar-refractivity contribution is -0.154. The first-order valence-corrected chi connectivity index (χ1v) is 5.38. The Balaban J connectivity index is 2.42. The largest absolute Gasteiger partial charge is 0.481 e. The average molecular weight is 245 g/mol. The van der Waals surface area contributed by atoms with Crippen molar-refractivity contribution in [2.45, 2.75) is 6.42 Å². The van der Waals surface area contributed by atoms with Crippen molar-refractivity contribution in [1.29, 1.82) is 0 Å². The molecule has 0 fully saturated rings. The number of hydrogen-bond donors (Lipinski definition) is 2. The summed E-state index contributed by atoms with van der Waals surface area (Å²) >= 11 is 0. The van der Waals surface area contributed by atoms with Crippen LogP contribution in [0.1, 0.15) is 5.69 Å². The molecule has 2 N–H and O–H groups in total. The number of carbonyl (C=O) groups is 2. The zero-order valence-corrected chi connectivity index (χ0v) is 9.41. The number of aromatic nitrogens is 1. The van der Waals surface area contributed by atoms with E-state index in [0.29, 0.717) is 5.69 Å². The molecule has 0 unspecified atom stereocenters. The van der Waals surface area contributed by atoms with Crippen molar-refractivity contribution in [2.75, 3.05) is 0 Å². The normalized spacial score (nSPS) is 10.7. The summed E-state index contributed by atoms with van der Waals surface area (Å²) in [6.45, 7) is 0. The Morgan fingerprint density at radius 1 is 1.11 bits per heavy atom. The van der Waals surface area contributed by atoms with Gasteiger partial charge in [0.05, 0.1) is 0 Å². The fraction of sp³-hybridized carbons (Fsp3) is 0.154. The van der Waals surface area contributed by atoms with Gasteiger partial charge in [-0.3, -0.25) is 14.6 Å². The van der Waals surface area contributed by atoms with E-state index in [1.807, 2.05) is 18.2 Å². The van der Waals surface area contributed by atoms with Crippen LogP contribution in [0.15, 0.2) is 36.5 Å². The van der Waals surface area contributed by atoms with Crippen LogP contribution in [0, 0.1) is 5.92 Å². The first kappa shape index (κ1) is 12.0. The Labute approximate surface area is 103 Å². The third-order valence-electron chi connectivity index (χ3n) is 2.75. The van der Waals surface area contributed by atoms with Crippen molar-refractivity contribution in [3.05, 3.63) is 42.2 Å². The Morgan fingerprint density at radius 3 is 2.44 bits per heavy atom. The smallest absolute Gasteiger partial charge is 0.318 e. The van der Waals surface area contributed by atoms with E-state index in [0.717, 1.165) is 10.8 Å². The minimum Gasteiger partial charge on any atom is -0.481 e. The van der Waals surface area contributed by atoms with Gasteiger partial charge in [-0.05, 0) is 11.5 Å². The number of fused-ring (bicyclic) bond motifs is 1. The van der Waals surface area contributed by atoms with Crippen LogP contribution in [0.2, 0.25) is 0 Å². The molecule has 0 aliphatic heterocycles. The Bertz CT molecular complexity index is 589. The molecule has 5 heteroatoms. The van der Waals surface area contributed by atoms with Gasteiger partial charge in [0, 0.05) is 23.7 Å². The van der Waals surface area contributed by atoms with Crippen LogP contribution in [0.4, 0.5) is 0 Å². The molecule has 0 radical (unpaired) electrons. The van der Waals surface area contributed by atoms with E-state index in [9.17, 15) is 9.59 Å². The molecule has 0 aliphatic carbocycles. The maximum absolute atomic E-state index is 10.9. The zero-order chi connectivity index (χ0) is 13.1. The maximum Gasteiger partial charge on any atom is 0.318 e. The predicted octanol–water partition coefficient (Wildman–Crippen LogP) is 1.56. The monoisotopic (exact) mass is 245 g/mol. The minimum atomic E-state index is -1.47. The molecule has 0 saturated heterocycles. The van der Waals surface area contributed by atoms with Crippen molar-refractivity contribution in [3.8, 4) is 0 Å². The van der Waals surface area contributed by atoms with Gasteiger partial charge in [-0.2, -0.15) is 0 Å². The highest BCUT2D eigenvalue weighted by molar-refractivity contribution is 5.94. The number of benzene rings is 1. The summed E-state index contributed by atoms with van der Waals surface area (Å²) in [5, 5.41) is 19.4. The van der Waals surface area contributed by atoms with Crippen LogP contribution >= 0.6 is 0 Å². The molecule has 0 bridgehead atoms. The van der Waals surface area contributed by atoms with Crippen LogP contribution in [0.3, 0.4) is 0 Å². The lowest BCUT2D eigenvalue weighted by Crippen LogP contribution is -2.25. The molecule has 92 valence electrons. The molecule has 2 aromatic rings. The number of hydrogen-bond acceptors (Lipinski definition) is 3. The third-order valence-corrected chi connectivity index (χ3v) is 2.75. The van der Waals surface area contributed by atoms with Gasteiger partial charge in [0.2, 0.25) is 0 Å². The SMILES string of the molecule is O=C(O)C(Cc1nccc2ccccc12)C(=O)O. The highest BCUT2D eigenvalue weighted by atomic mass is 16.4. The molecule has 0 spiro atoms. The molecule has 0 atom stereocenters. The van der Waals surface area contributed by atoms with Gasteiger partial charge in [-0.15, -0.1) is 0 Å². The average Bonchev–Trinajstić information content (AvgIpc) is 2.35. The van der Waals surface area contributed by atoms with E-state index < -0.39 is 17.9 Å². The van der Waals surface area contributed by atoms with E-state index >= 15 is 0 Å². The van der Waals surface area contributed by atoms with Crippen LogP contribution in [-0.4, -0.2) is 27.1 Å². The Morgan fingerprint density at radius 2 is 1.78 bits per heavy atom. The Kier molecular flexibility index (Phi) is 3.23. The highest BCUT2D eigenvalue weighted by Crippen LogP contribution is 2.19. The quantitative estimate of drug-likeness (QED) is 0.798. The summed E-state index contributed by atoms with van der Waals surface area (Å²) in [4.78, 5) is 25.8. The molecular formula is C13H11NO4. The molecule has 1 aromatic heterocycles. The summed E-state index contributed by atoms with van der Waals surface area (Å²) < 4.78 is 0. The molecular weight excluding hydrogens is 234 g/mol. The van der Waals surface area contributed by atoms with Gasteiger partial charge in [0.15, 0.2) is 5.92 Å². The highest BCUT2D eigenvalue weighted by Gasteiger charge is 2.27. The van der Waals surface area contributed by atoms with E-state index in [-0.39, 0.29) is 6.42 Å². The standard InChI is InChI=1S/C13H11NO4/c15-12(16)10(13(17)18)7-11-9-4-2-1-3-8(9)5-6-14-11/h1-6,10H,7H2,(H,15,16)(H,17,18). The summed E-state index contributed by atoms with van der Waals surface area (Å²) in [5.74, 6) is -4.17. The first-order valence-electron chi connectivity index (χ1n) is 5.38. The fourth-order valence-corrected chi connectivity index (χ4v) is 1.82. The van der Waals surface area contributed by atoms with E-state index in [1.165, 1.54) is 0 Å². The number of nitrogens with zero attached hydrogens (tertiary/aromatic N) is 1. The topological polar surface area (TPSA) is 87.5 Å². The van der Waals surface area contributed by atoms with Gasteiger partial charge < -0.3 is 10.2 Å². The summed E-state index contributed by atoms with van der Waals surface area (Å²) in [6.07, 6.45) is 1.43. The molecule has 0 amide bonds. The van der Waals surface area contributed by atoms with Gasteiger partial charge in [0.25, 0.3) is 0 Å². The molecule has 1 aromatic carbocycles. The van der Waals surface area contributed by atoms with Crippen molar-refractivity contribution >= 4 is 22.7 Å². The second-order valence-electron chi connectivity index (χ2n) is 3.91. The Hall–Kier alpha value is -2.43.